The summed E-state index contributed by atoms with van der Waals surface area (Å²) >= 11 is 0. The minimum absolute atomic E-state index is 0.0840. The van der Waals surface area contributed by atoms with Crippen molar-refractivity contribution in [2.45, 2.75) is 44.3 Å². The zero-order valence-corrected chi connectivity index (χ0v) is 19.9. The van der Waals surface area contributed by atoms with Crippen molar-refractivity contribution in [3.8, 4) is 5.69 Å². The van der Waals surface area contributed by atoms with Crippen LogP contribution in [0.1, 0.15) is 42.4 Å². The van der Waals surface area contributed by atoms with Gasteiger partial charge in [-0.25, -0.2) is 8.78 Å². The number of unbranched alkanes of at least 4 members (excludes halogenated alkanes) is 1. The smallest absolute Gasteiger partial charge is 0.123 e. The standard InChI is InChI=1S/C30H30F2N2O/c31-24-8-11-26(12-9-24)34-20-22(27-19-25(32)10-13-29(27)34)5-3-4-16-33-17-14-30(15-18-33)28-7-2-1-6-23(28)21-35-30/h1-2,6-13,19-20H,3-5,14-18,21H2. The molecule has 3 heterocycles. The van der Waals surface area contributed by atoms with Crippen LogP contribution in [0.25, 0.3) is 16.6 Å². The number of aromatic nitrogens is 1. The Bertz CT molecular complexity index is 1340. The summed E-state index contributed by atoms with van der Waals surface area (Å²) in [6.45, 7) is 3.93. The lowest BCUT2D eigenvalue weighted by Gasteiger charge is -2.39. The van der Waals surface area contributed by atoms with Crippen molar-refractivity contribution >= 4 is 10.9 Å². The van der Waals surface area contributed by atoms with Crippen molar-refractivity contribution in [3.05, 3.63) is 101 Å². The molecule has 5 heteroatoms. The summed E-state index contributed by atoms with van der Waals surface area (Å²) in [5.41, 5.74) is 5.62. The lowest BCUT2D eigenvalue weighted by Crippen LogP contribution is -2.42. The molecule has 0 saturated carbocycles. The minimum atomic E-state index is -0.260. The number of aryl methyl sites for hydroxylation is 1. The highest BCUT2D eigenvalue weighted by molar-refractivity contribution is 5.85. The summed E-state index contributed by atoms with van der Waals surface area (Å²) in [6.07, 6.45) is 7.21. The van der Waals surface area contributed by atoms with Crippen molar-refractivity contribution in [2.75, 3.05) is 19.6 Å². The van der Waals surface area contributed by atoms with E-state index in [1.165, 1.54) is 29.3 Å². The van der Waals surface area contributed by atoms with Crippen LogP contribution in [0.4, 0.5) is 8.78 Å². The highest BCUT2D eigenvalue weighted by Crippen LogP contribution is 2.44. The molecule has 0 aliphatic carbocycles. The van der Waals surface area contributed by atoms with Gasteiger partial charge in [0.05, 0.1) is 17.7 Å². The largest absolute Gasteiger partial charge is 0.365 e. The molecule has 0 bridgehead atoms. The van der Waals surface area contributed by atoms with Crippen molar-refractivity contribution in [1.82, 2.24) is 9.47 Å². The van der Waals surface area contributed by atoms with Gasteiger partial charge in [-0.15, -0.1) is 0 Å². The van der Waals surface area contributed by atoms with Crippen molar-refractivity contribution in [2.24, 2.45) is 0 Å². The fourth-order valence-electron chi connectivity index (χ4n) is 5.87. The first-order chi connectivity index (χ1) is 17.1. The van der Waals surface area contributed by atoms with E-state index in [1.54, 1.807) is 18.2 Å². The van der Waals surface area contributed by atoms with Gasteiger partial charge in [-0.2, -0.15) is 0 Å². The Labute approximate surface area is 204 Å². The number of halogens is 2. The molecule has 0 atom stereocenters. The zero-order valence-electron chi connectivity index (χ0n) is 19.9. The first kappa shape index (κ1) is 22.4. The molecule has 0 unspecified atom stereocenters. The third-order valence-electron chi connectivity index (χ3n) is 7.80. The first-order valence-electron chi connectivity index (χ1n) is 12.6. The van der Waals surface area contributed by atoms with Gasteiger partial charge < -0.3 is 14.2 Å². The van der Waals surface area contributed by atoms with Crippen LogP contribution in [0.3, 0.4) is 0 Å². The van der Waals surface area contributed by atoms with Crippen LogP contribution in [-0.2, 0) is 23.4 Å². The van der Waals surface area contributed by atoms with Gasteiger partial charge in [-0.05, 0) is 97.8 Å². The Morgan fingerprint density at radius 2 is 1.63 bits per heavy atom. The highest BCUT2D eigenvalue weighted by atomic mass is 19.1. The second-order valence-electron chi connectivity index (χ2n) is 9.90. The number of ether oxygens (including phenoxy) is 1. The fraction of sp³-hybridized carbons (Fsp3) is 0.333. The summed E-state index contributed by atoms with van der Waals surface area (Å²) in [4.78, 5) is 2.55. The molecule has 2 aliphatic heterocycles. The topological polar surface area (TPSA) is 17.4 Å². The van der Waals surface area contributed by atoms with Crippen LogP contribution in [0.15, 0.2) is 72.9 Å². The predicted octanol–water partition coefficient (Wildman–Crippen LogP) is 6.75. The zero-order chi connectivity index (χ0) is 23.8. The number of fused-ring (bicyclic) bond motifs is 3. The Kier molecular flexibility index (Phi) is 5.91. The van der Waals surface area contributed by atoms with Crippen LogP contribution in [-0.4, -0.2) is 29.1 Å². The Morgan fingerprint density at radius 3 is 2.46 bits per heavy atom. The van der Waals surface area contributed by atoms with Crippen LogP contribution in [0.2, 0.25) is 0 Å². The Morgan fingerprint density at radius 1 is 0.857 bits per heavy atom. The summed E-state index contributed by atoms with van der Waals surface area (Å²) < 4.78 is 35.8. The summed E-state index contributed by atoms with van der Waals surface area (Å²) in [5, 5.41) is 0.936. The molecule has 3 nitrogen and oxygen atoms in total. The SMILES string of the molecule is Fc1ccc(-n2cc(CCCCN3CCC4(CC3)OCc3ccccc34)c3cc(F)ccc32)cc1. The van der Waals surface area contributed by atoms with Crippen molar-refractivity contribution in [1.29, 1.82) is 0 Å². The van der Waals surface area contributed by atoms with Crippen LogP contribution in [0, 0.1) is 11.6 Å². The molecular weight excluding hydrogens is 442 g/mol. The summed E-state index contributed by atoms with van der Waals surface area (Å²) in [7, 11) is 0. The summed E-state index contributed by atoms with van der Waals surface area (Å²) in [6, 6.07) is 20.0. The van der Waals surface area contributed by atoms with E-state index in [-0.39, 0.29) is 17.2 Å². The molecule has 6 rings (SSSR count). The van der Waals surface area contributed by atoms with Gasteiger partial charge in [0.15, 0.2) is 0 Å². The van der Waals surface area contributed by atoms with Gasteiger partial charge in [-0.1, -0.05) is 24.3 Å². The van der Waals surface area contributed by atoms with Gasteiger partial charge in [-0.3, -0.25) is 0 Å². The van der Waals surface area contributed by atoms with Crippen LogP contribution >= 0.6 is 0 Å². The normalized spacial score (nSPS) is 17.3. The first-order valence-corrected chi connectivity index (χ1v) is 12.6. The van der Waals surface area contributed by atoms with E-state index in [1.807, 2.05) is 10.6 Å². The number of benzene rings is 3. The minimum Gasteiger partial charge on any atom is -0.365 e. The van der Waals surface area contributed by atoms with E-state index in [4.69, 9.17) is 4.74 Å². The van der Waals surface area contributed by atoms with Gasteiger partial charge in [0.2, 0.25) is 0 Å². The van der Waals surface area contributed by atoms with Crippen LogP contribution < -0.4 is 0 Å². The molecule has 1 saturated heterocycles. The van der Waals surface area contributed by atoms with E-state index in [0.717, 1.165) is 80.5 Å². The van der Waals surface area contributed by atoms with E-state index in [2.05, 4.69) is 35.4 Å². The lowest BCUT2D eigenvalue weighted by atomic mass is 9.84. The maximum Gasteiger partial charge on any atom is 0.123 e. The molecule has 0 amide bonds. The molecule has 4 aromatic rings. The monoisotopic (exact) mass is 472 g/mol. The second-order valence-corrected chi connectivity index (χ2v) is 9.90. The van der Waals surface area contributed by atoms with E-state index < -0.39 is 0 Å². The van der Waals surface area contributed by atoms with Gasteiger partial charge >= 0.3 is 0 Å². The van der Waals surface area contributed by atoms with E-state index in [9.17, 15) is 8.78 Å². The number of piperidine rings is 1. The Balaban J connectivity index is 1.08. The molecule has 180 valence electrons. The van der Waals surface area contributed by atoms with E-state index >= 15 is 0 Å². The van der Waals surface area contributed by atoms with Gasteiger partial charge in [0.1, 0.15) is 11.6 Å². The molecule has 35 heavy (non-hydrogen) atoms. The van der Waals surface area contributed by atoms with Crippen molar-refractivity contribution < 1.29 is 13.5 Å². The van der Waals surface area contributed by atoms with Gasteiger partial charge in [0, 0.05) is 30.4 Å². The lowest BCUT2D eigenvalue weighted by molar-refractivity contribution is -0.0788. The number of nitrogens with zero attached hydrogens (tertiary/aromatic N) is 2. The molecule has 0 radical (unpaired) electrons. The quantitative estimate of drug-likeness (QED) is 0.289. The average Bonchev–Trinajstić information content (AvgIpc) is 3.42. The third-order valence-corrected chi connectivity index (χ3v) is 7.80. The molecule has 2 aliphatic rings. The molecule has 1 spiro atoms. The van der Waals surface area contributed by atoms with Gasteiger partial charge in [0.25, 0.3) is 0 Å². The maximum atomic E-state index is 14.1. The molecule has 0 N–H and O–H groups in total. The molecule has 1 aromatic heterocycles. The van der Waals surface area contributed by atoms with E-state index in [0.29, 0.717) is 0 Å². The van der Waals surface area contributed by atoms with Crippen LogP contribution in [0.5, 0.6) is 0 Å². The summed E-state index contributed by atoms with van der Waals surface area (Å²) in [5.74, 6) is -0.489. The second kappa shape index (κ2) is 9.21. The average molecular weight is 473 g/mol. The molecule has 3 aromatic carbocycles. The predicted molar refractivity (Wildman–Crippen MR) is 135 cm³/mol. The fourth-order valence-corrected chi connectivity index (χ4v) is 5.87. The molecular formula is C30H30F2N2O. The Hall–Kier alpha value is -3.02. The number of hydrogen-bond acceptors (Lipinski definition) is 2. The number of rotatable bonds is 6. The van der Waals surface area contributed by atoms with Crippen molar-refractivity contribution in [3.63, 3.8) is 0 Å². The number of hydrogen-bond donors (Lipinski definition) is 0. The maximum absolute atomic E-state index is 14.1. The highest BCUT2D eigenvalue weighted by Gasteiger charge is 2.42. The third kappa shape index (κ3) is 4.28. The number of likely N-dealkylation sites (tertiary alicyclic amines) is 1. The molecule has 1 fully saturated rings.